The number of benzene rings is 1. The first kappa shape index (κ1) is 24.9. The Hall–Kier alpha value is -3.21. The smallest absolute Gasteiger partial charge is 0.410 e. The van der Waals surface area contributed by atoms with Crippen LogP contribution in [0.3, 0.4) is 0 Å². The molecule has 2 saturated heterocycles. The lowest BCUT2D eigenvalue weighted by molar-refractivity contribution is -0.385. The molecule has 35 heavy (non-hydrogen) atoms. The van der Waals surface area contributed by atoms with Crippen LogP contribution in [0.25, 0.3) is 10.9 Å². The normalized spacial score (nSPS) is 18.6. The van der Waals surface area contributed by atoms with Crippen molar-refractivity contribution in [1.82, 2.24) is 19.6 Å². The summed E-state index contributed by atoms with van der Waals surface area (Å²) in [5, 5.41) is 16.7. The van der Waals surface area contributed by atoms with Crippen LogP contribution in [0.2, 0.25) is 0 Å². The van der Waals surface area contributed by atoms with Crippen LogP contribution in [0, 0.1) is 10.1 Å². The van der Waals surface area contributed by atoms with Crippen molar-refractivity contribution in [2.24, 2.45) is 0 Å². The van der Waals surface area contributed by atoms with E-state index >= 15 is 0 Å². The minimum absolute atomic E-state index is 0.0946. The van der Waals surface area contributed by atoms with Crippen LogP contribution in [0.4, 0.5) is 10.5 Å². The van der Waals surface area contributed by atoms with Crippen LogP contribution in [0.5, 0.6) is 0 Å². The van der Waals surface area contributed by atoms with Gasteiger partial charge in [-0.2, -0.15) is 5.10 Å². The zero-order valence-corrected chi connectivity index (χ0v) is 20.7. The Morgan fingerprint density at radius 3 is 2.26 bits per heavy atom. The molecule has 0 atom stereocenters. The predicted octanol–water partition coefficient (Wildman–Crippen LogP) is 3.77. The number of carbonyl (C=O) groups excluding carboxylic acids is 2. The molecule has 11 nitrogen and oxygen atoms in total. The molecule has 11 heteroatoms. The molecule has 3 heterocycles. The maximum Gasteiger partial charge on any atom is 0.410 e. The van der Waals surface area contributed by atoms with Crippen molar-refractivity contribution in [3.63, 3.8) is 0 Å². The molecule has 0 N–H and O–H groups in total. The minimum atomic E-state index is -0.751. The number of fused-ring (bicyclic) bond motifs is 1. The fraction of sp³-hybridized carbons (Fsp3) is 0.625. The second-order valence-electron chi connectivity index (χ2n) is 10.3. The molecule has 2 fully saturated rings. The molecule has 0 radical (unpaired) electrons. The molecule has 0 saturated carbocycles. The number of methoxy groups -OCH3 is 1. The number of nitro groups is 1. The van der Waals surface area contributed by atoms with Crippen molar-refractivity contribution in [1.29, 1.82) is 0 Å². The quantitative estimate of drug-likeness (QED) is 0.363. The van der Waals surface area contributed by atoms with Crippen molar-refractivity contribution in [3.05, 3.63) is 34.0 Å². The lowest BCUT2D eigenvalue weighted by Crippen LogP contribution is -2.49. The number of nitrogens with zero attached hydrogens (tertiary/aromatic N) is 5. The topological polar surface area (TPSA) is 120 Å². The number of piperidine rings is 2. The van der Waals surface area contributed by atoms with E-state index in [4.69, 9.17) is 9.47 Å². The lowest BCUT2D eigenvalue weighted by Gasteiger charge is -2.41. The average Bonchev–Trinajstić information content (AvgIpc) is 3.25. The van der Waals surface area contributed by atoms with Gasteiger partial charge in [0, 0.05) is 49.9 Å². The Morgan fingerprint density at radius 2 is 1.69 bits per heavy atom. The van der Waals surface area contributed by atoms with Gasteiger partial charge in [0.25, 0.3) is 5.69 Å². The highest BCUT2D eigenvalue weighted by Crippen LogP contribution is 2.31. The summed E-state index contributed by atoms with van der Waals surface area (Å²) in [5.74, 6) is -0.751. The summed E-state index contributed by atoms with van der Waals surface area (Å²) >= 11 is 0. The molecular weight excluding hydrogens is 454 g/mol. The van der Waals surface area contributed by atoms with Crippen LogP contribution in [0.1, 0.15) is 62.9 Å². The molecule has 0 spiro atoms. The Labute approximate surface area is 204 Å². The van der Waals surface area contributed by atoms with Crippen molar-refractivity contribution in [3.8, 4) is 0 Å². The molecule has 2 aromatic rings. The van der Waals surface area contributed by atoms with Gasteiger partial charge in [-0.05, 0) is 52.5 Å². The van der Waals surface area contributed by atoms with E-state index in [0.717, 1.165) is 38.8 Å². The third-order valence-corrected chi connectivity index (χ3v) is 6.75. The van der Waals surface area contributed by atoms with E-state index in [2.05, 4.69) is 10.00 Å². The predicted molar refractivity (Wildman–Crippen MR) is 128 cm³/mol. The van der Waals surface area contributed by atoms with Crippen molar-refractivity contribution in [2.45, 2.75) is 64.1 Å². The van der Waals surface area contributed by atoms with Gasteiger partial charge in [0.05, 0.1) is 23.6 Å². The molecule has 1 aromatic heterocycles. The van der Waals surface area contributed by atoms with Crippen LogP contribution in [0.15, 0.2) is 18.3 Å². The summed E-state index contributed by atoms with van der Waals surface area (Å²) < 4.78 is 12.1. The van der Waals surface area contributed by atoms with Gasteiger partial charge >= 0.3 is 12.1 Å². The molecule has 0 bridgehead atoms. The molecular formula is C24H33N5O6. The van der Waals surface area contributed by atoms with Gasteiger partial charge in [-0.1, -0.05) is 0 Å². The van der Waals surface area contributed by atoms with Gasteiger partial charge < -0.3 is 19.3 Å². The SMILES string of the molecule is COC(=O)c1cc2nn(C3CCN(C4CCN(C(=O)OC(C)(C)C)CC4)CC3)cc2cc1[N+](=O)[O-]. The second-order valence-corrected chi connectivity index (χ2v) is 10.3. The Kier molecular flexibility index (Phi) is 6.98. The number of hydrogen-bond acceptors (Lipinski definition) is 8. The van der Waals surface area contributed by atoms with Crippen LogP contribution < -0.4 is 0 Å². The number of likely N-dealkylation sites (tertiary alicyclic amines) is 2. The molecule has 4 rings (SSSR count). The summed E-state index contributed by atoms with van der Waals surface area (Å²) in [5.41, 5.74) is -0.328. The van der Waals surface area contributed by atoms with Gasteiger partial charge in [0.15, 0.2) is 0 Å². The zero-order chi connectivity index (χ0) is 25.3. The Balaban J connectivity index is 1.37. The zero-order valence-electron chi connectivity index (χ0n) is 20.7. The number of aromatic nitrogens is 2. The first-order valence-corrected chi connectivity index (χ1v) is 12.0. The minimum Gasteiger partial charge on any atom is -0.465 e. The summed E-state index contributed by atoms with van der Waals surface area (Å²) in [4.78, 5) is 39.5. The van der Waals surface area contributed by atoms with Crippen LogP contribution >= 0.6 is 0 Å². The highest BCUT2D eigenvalue weighted by Gasteiger charge is 2.32. The Morgan fingerprint density at radius 1 is 1.06 bits per heavy atom. The molecule has 1 amide bonds. The van der Waals surface area contributed by atoms with Crippen molar-refractivity contribution in [2.75, 3.05) is 33.3 Å². The van der Waals surface area contributed by atoms with E-state index in [9.17, 15) is 19.7 Å². The number of rotatable bonds is 4. The fourth-order valence-electron chi connectivity index (χ4n) is 4.95. The third-order valence-electron chi connectivity index (χ3n) is 6.75. The number of esters is 1. The maximum absolute atomic E-state index is 12.3. The van der Waals surface area contributed by atoms with E-state index in [1.165, 1.54) is 19.2 Å². The average molecular weight is 488 g/mol. The van der Waals surface area contributed by atoms with Crippen molar-refractivity contribution < 1.29 is 24.0 Å². The number of hydrogen-bond donors (Lipinski definition) is 0. The molecule has 1 aromatic carbocycles. The van der Waals surface area contributed by atoms with E-state index < -0.39 is 16.5 Å². The number of amides is 1. The largest absolute Gasteiger partial charge is 0.465 e. The summed E-state index contributed by atoms with van der Waals surface area (Å²) in [6, 6.07) is 3.44. The number of ether oxygens (including phenoxy) is 2. The van der Waals surface area contributed by atoms with Gasteiger partial charge in [0.2, 0.25) is 0 Å². The van der Waals surface area contributed by atoms with E-state index in [1.54, 1.807) is 4.90 Å². The Bertz CT molecular complexity index is 1110. The monoisotopic (exact) mass is 487 g/mol. The fourth-order valence-corrected chi connectivity index (χ4v) is 4.95. The molecule has 190 valence electrons. The van der Waals surface area contributed by atoms with Crippen LogP contribution in [-0.4, -0.2) is 81.5 Å². The standard InChI is InChI=1S/C24H33N5O6/c1-24(2,3)35-23(31)27-11-5-17(6-12-27)26-9-7-18(8-10-26)28-15-16-13-21(29(32)33)19(22(30)34-4)14-20(16)25-28/h13-15,17-18H,5-12H2,1-4H3. The molecule has 0 unspecified atom stereocenters. The van der Waals surface area contributed by atoms with Crippen molar-refractivity contribution >= 4 is 28.7 Å². The highest BCUT2D eigenvalue weighted by molar-refractivity contribution is 5.99. The maximum atomic E-state index is 12.3. The van der Waals surface area contributed by atoms with Gasteiger partial charge in [-0.15, -0.1) is 0 Å². The third kappa shape index (κ3) is 5.55. The summed E-state index contributed by atoms with van der Waals surface area (Å²) in [6.07, 6.45) is 5.25. The highest BCUT2D eigenvalue weighted by atomic mass is 16.6. The number of nitro benzene ring substituents is 1. The molecule has 2 aliphatic heterocycles. The van der Waals surface area contributed by atoms with E-state index in [-0.39, 0.29) is 23.4 Å². The lowest BCUT2D eigenvalue weighted by atomic mass is 9.98. The second kappa shape index (κ2) is 9.80. The van der Waals surface area contributed by atoms with Crippen LogP contribution in [-0.2, 0) is 9.47 Å². The summed E-state index contributed by atoms with van der Waals surface area (Å²) in [7, 11) is 1.20. The number of carbonyl (C=O) groups is 2. The van der Waals surface area contributed by atoms with Gasteiger partial charge in [-0.3, -0.25) is 14.8 Å². The van der Waals surface area contributed by atoms with E-state index in [0.29, 0.717) is 30.0 Å². The first-order valence-electron chi connectivity index (χ1n) is 12.0. The van der Waals surface area contributed by atoms with Gasteiger partial charge in [-0.25, -0.2) is 9.59 Å². The summed E-state index contributed by atoms with van der Waals surface area (Å²) in [6.45, 7) is 8.88. The van der Waals surface area contributed by atoms with E-state index in [1.807, 2.05) is 31.6 Å². The molecule has 2 aliphatic rings. The first-order chi connectivity index (χ1) is 16.6. The molecule has 0 aliphatic carbocycles. The van der Waals surface area contributed by atoms with Gasteiger partial charge in [0.1, 0.15) is 11.2 Å².